The summed E-state index contributed by atoms with van der Waals surface area (Å²) in [6.45, 7) is 0.277. The molecule has 0 saturated carbocycles. The molecular formula is C9H6Cl4O. The first-order chi connectivity index (χ1) is 6.58. The van der Waals surface area contributed by atoms with Crippen LogP contribution in [0.2, 0.25) is 10.0 Å². The minimum Gasteiger partial charge on any atom is -0.489 e. The standard InChI is InChI=1S/C9H6Cl4O/c10-6-3-7(11)5-8(4-6)14-2-1-9(12)13/h1,3-5H,2H2. The van der Waals surface area contributed by atoms with E-state index in [9.17, 15) is 0 Å². The average molecular weight is 272 g/mol. The number of benzene rings is 1. The lowest BCUT2D eigenvalue weighted by Gasteiger charge is -2.03. The van der Waals surface area contributed by atoms with Crippen molar-refractivity contribution in [1.29, 1.82) is 0 Å². The summed E-state index contributed by atoms with van der Waals surface area (Å²) >= 11 is 22.3. The third-order valence-corrected chi connectivity index (χ3v) is 2.07. The fourth-order valence-electron chi connectivity index (χ4n) is 0.813. The molecule has 1 aromatic carbocycles. The zero-order chi connectivity index (χ0) is 10.6. The molecule has 0 aliphatic heterocycles. The number of hydrogen-bond donors (Lipinski definition) is 0. The maximum Gasteiger partial charge on any atom is 0.122 e. The fourth-order valence-corrected chi connectivity index (χ4v) is 1.44. The van der Waals surface area contributed by atoms with Gasteiger partial charge in [-0.3, -0.25) is 0 Å². The van der Waals surface area contributed by atoms with E-state index in [1.165, 1.54) is 6.08 Å². The highest BCUT2D eigenvalue weighted by Crippen LogP contribution is 2.24. The first-order valence-corrected chi connectivity index (χ1v) is 5.19. The molecule has 0 aliphatic carbocycles. The molecule has 1 rings (SSSR count). The quantitative estimate of drug-likeness (QED) is 0.775. The summed E-state index contributed by atoms with van der Waals surface area (Å²) in [5.74, 6) is 0.577. The van der Waals surface area contributed by atoms with Crippen molar-refractivity contribution in [2.75, 3.05) is 6.61 Å². The zero-order valence-electron chi connectivity index (χ0n) is 6.94. The van der Waals surface area contributed by atoms with Crippen LogP contribution in [0, 0.1) is 0 Å². The van der Waals surface area contributed by atoms with E-state index in [0.717, 1.165) is 0 Å². The third kappa shape index (κ3) is 4.43. The van der Waals surface area contributed by atoms with Gasteiger partial charge in [0.2, 0.25) is 0 Å². The number of halogens is 4. The highest BCUT2D eigenvalue weighted by molar-refractivity contribution is 6.55. The van der Waals surface area contributed by atoms with Crippen LogP contribution < -0.4 is 4.74 Å². The van der Waals surface area contributed by atoms with Gasteiger partial charge >= 0.3 is 0 Å². The van der Waals surface area contributed by atoms with Gasteiger partial charge in [0.1, 0.15) is 16.8 Å². The molecule has 0 saturated heterocycles. The smallest absolute Gasteiger partial charge is 0.122 e. The Balaban J connectivity index is 2.63. The van der Waals surface area contributed by atoms with Crippen molar-refractivity contribution in [1.82, 2.24) is 0 Å². The van der Waals surface area contributed by atoms with Gasteiger partial charge in [0.25, 0.3) is 0 Å². The summed E-state index contributed by atoms with van der Waals surface area (Å²) in [5, 5.41) is 1.04. The first kappa shape index (κ1) is 12.0. The maximum atomic E-state index is 5.76. The summed E-state index contributed by atoms with van der Waals surface area (Å²) in [5.41, 5.74) is 0. The molecular weight excluding hydrogens is 266 g/mol. The van der Waals surface area contributed by atoms with E-state index in [1.807, 2.05) is 0 Å². The Bertz CT molecular complexity index is 324. The monoisotopic (exact) mass is 270 g/mol. The molecule has 14 heavy (non-hydrogen) atoms. The van der Waals surface area contributed by atoms with Gasteiger partial charge in [-0.05, 0) is 24.3 Å². The molecule has 0 atom stereocenters. The Morgan fingerprint density at radius 3 is 2.21 bits per heavy atom. The molecule has 5 heteroatoms. The van der Waals surface area contributed by atoms with E-state index in [0.29, 0.717) is 15.8 Å². The number of hydrogen-bond acceptors (Lipinski definition) is 1. The van der Waals surface area contributed by atoms with Crippen LogP contribution in [0.4, 0.5) is 0 Å². The van der Waals surface area contributed by atoms with Crippen molar-refractivity contribution in [3.63, 3.8) is 0 Å². The molecule has 0 aromatic heterocycles. The topological polar surface area (TPSA) is 9.23 Å². The van der Waals surface area contributed by atoms with Gasteiger partial charge in [0, 0.05) is 10.0 Å². The molecule has 0 fully saturated rings. The van der Waals surface area contributed by atoms with Crippen LogP contribution in [0.5, 0.6) is 5.75 Å². The van der Waals surface area contributed by atoms with E-state index >= 15 is 0 Å². The summed E-state index contributed by atoms with van der Waals surface area (Å²) in [6, 6.07) is 4.94. The summed E-state index contributed by atoms with van der Waals surface area (Å²) in [6.07, 6.45) is 1.53. The van der Waals surface area contributed by atoms with Crippen molar-refractivity contribution < 1.29 is 4.74 Å². The van der Waals surface area contributed by atoms with Gasteiger partial charge < -0.3 is 4.74 Å². The van der Waals surface area contributed by atoms with E-state index in [1.54, 1.807) is 18.2 Å². The van der Waals surface area contributed by atoms with Crippen molar-refractivity contribution in [3.8, 4) is 5.75 Å². The Kier molecular flexibility index (Phi) is 4.90. The molecule has 1 aromatic rings. The van der Waals surface area contributed by atoms with Crippen LogP contribution in [-0.2, 0) is 0 Å². The molecule has 76 valence electrons. The highest BCUT2D eigenvalue weighted by atomic mass is 35.5. The lowest BCUT2D eigenvalue weighted by atomic mass is 10.3. The fraction of sp³-hybridized carbons (Fsp3) is 0.111. The van der Waals surface area contributed by atoms with Crippen LogP contribution in [0.1, 0.15) is 0 Å². The second-order valence-corrected chi connectivity index (χ2v) is 4.29. The normalized spacial score (nSPS) is 9.71. The summed E-state index contributed by atoms with van der Waals surface area (Å²) < 4.78 is 5.43. The van der Waals surface area contributed by atoms with Crippen LogP contribution >= 0.6 is 46.4 Å². The van der Waals surface area contributed by atoms with Crippen molar-refractivity contribution >= 4 is 46.4 Å². The van der Waals surface area contributed by atoms with Crippen molar-refractivity contribution in [2.45, 2.75) is 0 Å². The van der Waals surface area contributed by atoms with Crippen LogP contribution in [0.15, 0.2) is 28.8 Å². The van der Waals surface area contributed by atoms with Gasteiger partial charge in [0.05, 0.1) is 0 Å². The highest BCUT2D eigenvalue weighted by Gasteiger charge is 1.98. The van der Waals surface area contributed by atoms with E-state index in [4.69, 9.17) is 51.1 Å². The number of ether oxygens (including phenoxy) is 1. The minimum atomic E-state index is 0.165. The Hall–Kier alpha value is -0.0800. The number of rotatable bonds is 3. The van der Waals surface area contributed by atoms with E-state index in [-0.39, 0.29) is 11.1 Å². The molecule has 0 bridgehead atoms. The molecule has 0 radical (unpaired) electrons. The van der Waals surface area contributed by atoms with Crippen LogP contribution in [0.3, 0.4) is 0 Å². The second-order valence-electron chi connectivity index (χ2n) is 2.41. The Labute approximate surface area is 102 Å². The Morgan fingerprint density at radius 2 is 1.71 bits per heavy atom. The van der Waals surface area contributed by atoms with Gasteiger partial charge in [-0.15, -0.1) is 0 Å². The van der Waals surface area contributed by atoms with Gasteiger partial charge in [0.15, 0.2) is 0 Å². The summed E-state index contributed by atoms with van der Waals surface area (Å²) in [7, 11) is 0. The maximum absolute atomic E-state index is 5.76. The van der Waals surface area contributed by atoms with Gasteiger partial charge in [-0.1, -0.05) is 46.4 Å². The van der Waals surface area contributed by atoms with Crippen molar-refractivity contribution in [2.24, 2.45) is 0 Å². The SMILES string of the molecule is ClC(Cl)=CCOc1cc(Cl)cc(Cl)c1. The largest absolute Gasteiger partial charge is 0.489 e. The molecule has 0 aliphatic rings. The summed E-state index contributed by atoms with van der Waals surface area (Å²) in [4.78, 5) is 0. The lowest BCUT2D eigenvalue weighted by Crippen LogP contribution is -1.93. The molecule has 0 spiro atoms. The third-order valence-electron chi connectivity index (χ3n) is 1.32. The lowest BCUT2D eigenvalue weighted by molar-refractivity contribution is 0.363. The zero-order valence-corrected chi connectivity index (χ0v) is 9.96. The van der Waals surface area contributed by atoms with Crippen LogP contribution in [-0.4, -0.2) is 6.61 Å². The van der Waals surface area contributed by atoms with E-state index in [2.05, 4.69) is 0 Å². The molecule has 0 amide bonds. The average Bonchev–Trinajstić information content (AvgIpc) is 2.01. The van der Waals surface area contributed by atoms with E-state index < -0.39 is 0 Å². The second kappa shape index (κ2) is 5.72. The molecule has 0 N–H and O–H groups in total. The predicted octanol–water partition coefficient (Wildman–Crippen LogP) is 4.69. The Morgan fingerprint density at radius 1 is 1.14 bits per heavy atom. The van der Waals surface area contributed by atoms with Crippen LogP contribution in [0.25, 0.3) is 0 Å². The predicted molar refractivity (Wildman–Crippen MR) is 61.7 cm³/mol. The van der Waals surface area contributed by atoms with Crippen molar-refractivity contribution in [3.05, 3.63) is 38.8 Å². The van der Waals surface area contributed by atoms with Gasteiger partial charge in [-0.25, -0.2) is 0 Å². The molecule has 1 nitrogen and oxygen atoms in total. The molecule has 0 heterocycles. The van der Waals surface area contributed by atoms with Gasteiger partial charge in [-0.2, -0.15) is 0 Å². The molecule has 0 unspecified atom stereocenters. The minimum absolute atomic E-state index is 0.165. The first-order valence-electron chi connectivity index (χ1n) is 3.68.